The van der Waals surface area contributed by atoms with Gasteiger partial charge in [0.15, 0.2) is 7.14 Å². The van der Waals surface area contributed by atoms with Crippen molar-refractivity contribution >= 4 is 25.8 Å². The summed E-state index contributed by atoms with van der Waals surface area (Å²) < 4.78 is 13.8. The van der Waals surface area contributed by atoms with Gasteiger partial charge >= 0.3 is 0 Å². The molecule has 1 nitrogen and oxygen atoms in total. The molecule has 3 heteroatoms. The van der Waals surface area contributed by atoms with Crippen LogP contribution < -0.4 is 10.6 Å². The van der Waals surface area contributed by atoms with Crippen LogP contribution in [0.5, 0.6) is 0 Å². The molecule has 0 bridgehead atoms. The highest BCUT2D eigenvalue weighted by molar-refractivity contribution is 7.81. The second kappa shape index (κ2) is 6.81. The second-order valence-corrected chi connectivity index (χ2v) is 15.1. The van der Waals surface area contributed by atoms with Crippen molar-refractivity contribution in [3.63, 3.8) is 0 Å². The van der Waals surface area contributed by atoms with Crippen molar-refractivity contribution in [3.05, 3.63) is 72.6 Å². The first-order valence-electron chi connectivity index (χ1n) is 7.74. The Bertz CT molecular complexity index is 628. The number of allylic oxidation sites excluding steroid dienone is 1. The molecular weight excluding hydrogens is 303 g/mol. The molecule has 0 saturated carbocycles. The molecule has 0 heterocycles. The van der Waals surface area contributed by atoms with Crippen LogP contribution in [0, 0.1) is 0 Å². The number of hydrogen-bond acceptors (Lipinski definition) is 1. The molecule has 0 amide bonds. The van der Waals surface area contributed by atoms with Gasteiger partial charge in [0.2, 0.25) is 0 Å². The van der Waals surface area contributed by atoms with E-state index in [0.717, 1.165) is 10.6 Å². The summed E-state index contributed by atoms with van der Waals surface area (Å²) >= 11 is 0. The van der Waals surface area contributed by atoms with E-state index in [1.165, 1.54) is 0 Å². The van der Waals surface area contributed by atoms with Crippen molar-refractivity contribution in [1.29, 1.82) is 0 Å². The van der Waals surface area contributed by atoms with Crippen LogP contribution in [-0.4, -0.2) is 8.07 Å². The summed E-state index contributed by atoms with van der Waals surface area (Å²) in [5, 5.41) is 1.81. The summed E-state index contributed by atoms with van der Waals surface area (Å²) in [6.45, 7) is 9.27. The van der Waals surface area contributed by atoms with Crippen molar-refractivity contribution < 1.29 is 4.57 Å². The van der Waals surface area contributed by atoms with E-state index in [1.807, 2.05) is 66.5 Å². The molecule has 0 aromatic heterocycles. The molecule has 0 aliphatic heterocycles. The zero-order valence-electron chi connectivity index (χ0n) is 13.9. The Morgan fingerprint density at radius 3 is 1.64 bits per heavy atom. The minimum atomic E-state index is -2.71. The minimum Gasteiger partial charge on any atom is -0.309 e. The van der Waals surface area contributed by atoms with E-state index < -0.39 is 15.2 Å². The van der Waals surface area contributed by atoms with Gasteiger partial charge in [0, 0.05) is 10.6 Å². The van der Waals surface area contributed by atoms with Gasteiger partial charge in [-0.05, 0) is 11.4 Å². The van der Waals surface area contributed by atoms with E-state index in [-0.39, 0.29) is 0 Å². The molecule has 0 unspecified atom stereocenters. The third-order valence-corrected chi connectivity index (χ3v) is 9.88. The third kappa shape index (κ3) is 3.88. The van der Waals surface area contributed by atoms with Crippen LogP contribution in [0.2, 0.25) is 25.2 Å². The topological polar surface area (TPSA) is 17.1 Å². The first kappa shape index (κ1) is 17.0. The van der Waals surface area contributed by atoms with Gasteiger partial charge in [0.1, 0.15) is 0 Å². The fourth-order valence-electron chi connectivity index (χ4n) is 2.16. The SMILES string of the molecule is C[C@@H](/C=C/P(=O)(c1ccccc1)c1ccccc1)[Si](C)(C)C. The Hall–Kier alpha value is -1.37. The molecule has 22 heavy (non-hydrogen) atoms. The van der Waals surface area contributed by atoms with Gasteiger partial charge in [-0.3, -0.25) is 0 Å². The molecule has 0 saturated heterocycles. The van der Waals surface area contributed by atoms with Crippen molar-refractivity contribution in [3.8, 4) is 0 Å². The Morgan fingerprint density at radius 2 is 1.27 bits per heavy atom. The summed E-state index contributed by atoms with van der Waals surface area (Å²) in [4.78, 5) is 0. The molecule has 0 N–H and O–H groups in total. The molecule has 2 aromatic carbocycles. The van der Waals surface area contributed by atoms with Gasteiger partial charge in [0.05, 0.1) is 8.07 Å². The highest BCUT2D eigenvalue weighted by atomic mass is 31.2. The summed E-state index contributed by atoms with van der Waals surface area (Å²) in [5.74, 6) is 1.97. The van der Waals surface area contributed by atoms with Gasteiger partial charge in [-0.25, -0.2) is 0 Å². The van der Waals surface area contributed by atoms with Crippen LogP contribution in [-0.2, 0) is 4.57 Å². The zero-order valence-corrected chi connectivity index (χ0v) is 15.8. The molecule has 2 rings (SSSR count). The molecule has 0 aliphatic carbocycles. The van der Waals surface area contributed by atoms with Gasteiger partial charge in [-0.15, -0.1) is 0 Å². The van der Waals surface area contributed by atoms with Gasteiger partial charge in [0.25, 0.3) is 0 Å². The zero-order chi connectivity index (χ0) is 16.2. The van der Waals surface area contributed by atoms with E-state index in [2.05, 4.69) is 32.6 Å². The first-order valence-corrected chi connectivity index (χ1v) is 13.1. The second-order valence-electron chi connectivity index (χ2n) is 6.83. The largest absolute Gasteiger partial charge is 0.309 e. The smallest absolute Gasteiger partial charge is 0.163 e. The summed E-state index contributed by atoms with van der Waals surface area (Å²) in [6.07, 6.45) is 2.17. The van der Waals surface area contributed by atoms with Crippen LogP contribution in [0.4, 0.5) is 0 Å². The van der Waals surface area contributed by atoms with Crippen molar-refractivity contribution in [1.82, 2.24) is 0 Å². The van der Waals surface area contributed by atoms with Crippen molar-refractivity contribution in [2.45, 2.75) is 32.1 Å². The van der Waals surface area contributed by atoms with Crippen LogP contribution in [0.1, 0.15) is 6.92 Å². The maximum Gasteiger partial charge on any atom is 0.163 e. The quantitative estimate of drug-likeness (QED) is 0.542. The lowest BCUT2D eigenvalue weighted by atomic mass is 10.4. The van der Waals surface area contributed by atoms with E-state index in [0.29, 0.717) is 5.54 Å². The molecule has 1 atom stereocenters. The number of rotatable bonds is 5. The van der Waals surface area contributed by atoms with Gasteiger partial charge in [-0.1, -0.05) is 93.3 Å². The third-order valence-electron chi connectivity index (χ3n) is 4.23. The number of hydrogen-bond donors (Lipinski definition) is 0. The monoisotopic (exact) mass is 328 g/mol. The van der Waals surface area contributed by atoms with E-state index >= 15 is 0 Å². The minimum absolute atomic E-state index is 0.494. The summed E-state index contributed by atoms with van der Waals surface area (Å²) in [7, 11) is -3.98. The van der Waals surface area contributed by atoms with Crippen molar-refractivity contribution in [2.24, 2.45) is 0 Å². The Morgan fingerprint density at radius 1 is 0.864 bits per heavy atom. The Kier molecular flexibility index (Phi) is 5.26. The summed E-state index contributed by atoms with van der Waals surface area (Å²) in [6, 6.07) is 19.6. The lowest BCUT2D eigenvalue weighted by molar-refractivity contribution is 0.592. The highest BCUT2D eigenvalue weighted by Gasteiger charge is 2.26. The molecule has 2 aromatic rings. The first-order chi connectivity index (χ1) is 10.3. The van der Waals surface area contributed by atoms with Gasteiger partial charge in [-0.2, -0.15) is 0 Å². The lowest BCUT2D eigenvalue weighted by Crippen LogP contribution is -2.24. The fraction of sp³-hybridized carbons (Fsp3) is 0.263. The Balaban J connectivity index is 2.49. The average Bonchev–Trinajstić information content (AvgIpc) is 2.53. The fourth-order valence-corrected chi connectivity index (χ4v) is 5.37. The van der Waals surface area contributed by atoms with E-state index in [9.17, 15) is 4.57 Å². The van der Waals surface area contributed by atoms with Crippen LogP contribution >= 0.6 is 7.14 Å². The van der Waals surface area contributed by atoms with Crippen molar-refractivity contribution in [2.75, 3.05) is 0 Å². The predicted molar refractivity (Wildman–Crippen MR) is 102 cm³/mol. The standard InChI is InChI=1S/C19H25OPSi/c1-17(22(2,3)4)15-16-21(20,18-11-7-5-8-12-18)19-13-9-6-10-14-19/h5-17H,1-4H3/b16-15+/t17-/m0/s1. The highest BCUT2D eigenvalue weighted by Crippen LogP contribution is 2.46. The van der Waals surface area contributed by atoms with Crippen LogP contribution in [0.15, 0.2) is 72.6 Å². The molecule has 0 radical (unpaired) electrons. The molecule has 0 fully saturated rings. The molecular formula is C19H25OPSi. The maximum atomic E-state index is 13.8. The van der Waals surface area contributed by atoms with Crippen LogP contribution in [0.25, 0.3) is 0 Å². The predicted octanol–water partition coefficient (Wildman–Crippen LogP) is 5.24. The van der Waals surface area contributed by atoms with E-state index in [4.69, 9.17) is 0 Å². The summed E-state index contributed by atoms with van der Waals surface area (Å²) in [5.41, 5.74) is 0.494. The Labute approximate surface area is 135 Å². The molecule has 0 aliphatic rings. The maximum absolute atomic E-state index is 13.8. The average molecular weight is 328 g/mol. The van der Waals surface area contributed by atoms with Crippen LogP contribution in [0.3, 0.4) is 0 Å². The molecule has 116 valence electrons. The normalized spacial score (nSPS) is 14.2. The molecule has 0 spiro atoms. The number of benzene rings is 2. The lowest BCUT2D eigenvalue weighted by Gasteiger charge is -2.23. The van der Waals surface area contributed by atoms with Gasteiger partial charge < -0.3 is 4.57 Å². The van der Waals surface area contributed by atoms with E-state index in [1.54, 1.807) is 0 Å².